The normalized spacial score (nSPS) is 22.1. The number of aliphatic imine (C=N–C) groups is 1. The standard InChI is InChI=1S/C12H15N3O/c1-7-4-5-8(2)9(6-7)10-11(16)15-12(13-3)14-10/h4-6,10H,1-3H3,(H2,13,14,15,16). The lowest BCUT2D eigenvalue weighted by Gasteiger charge is -2.12. The molecular formula is C12H15N3O. The van der Waals surface area contributed by atoms with E-state index < -0.39 is 0 Å². The van der Waals surface area contributed by atoms with Gasteiger partial charge in [-0.05, 0) is 25.0 Å². The van der Waals surface area contributed by atoms with Crippen LogP contribution in [0.15, 0.2) is 23.2 Å². The predicted molar refractivity (Wildman–Crippen MR) is 63.3 cm³/mol. The van der Waals surface area contributed by atoms with Crippen LogP contribution in [0.4, 0.5) is 0 Å². The summed E-state index contributed by atoms with van der Waals surface area (Å²) in [5.74, 6) is 0.491. The number of hydrogen-bond donors (Lipinski definition) is 2. The molecule has 0 spiro atoms. The van der Waals surface area contributed by atoms with Crippen molar-refractivity contribution in [2.75, 3.05) is 7.05 Å². The number of guanidine groups is 1. The lowest BCUT2D eigenvalue weighted by atomic mass is 9.99. The first-order chi connectivity index (χ1) is 7.61. The van der Waals surface area contributed by atoms with Crippen LogP contribution in [0.25, 0.3) is 0 Å². The summed E-state index contributed by atoms with van der Waals surface area (Å²) < 4.78 is 0. The van der Waals surface area contributed by atoms with E-state index in [2.05, 4.69) is 15.6 Å². The highest BCUT2D eigenvalue weighted by Crippen LogP contribution is 2.21. The number of carbonyl (C=O) groups excluding carboxylic acids is 1. The first-order valence-corrected chi connectivity index (χ1v) is 5.23. The molecule has 1 heterocycles. The second kappa shape index (κ2) is 3.96. The molecule has 0 aromatic heterocycles. The van der Waals surface area contributed by atoms with E-state index in [0.29, 0.717) is 5.96 Å². The van der Waals surface area contributed by atoms with E-state index in [4.69, 9.17) is 0 Å². The second-order valence-electron chi connectivity index (χ2n) is 4.00. The maximum absolute atomic E-state index is 11.8. The first-order valence-electron chi connectivity index (χ1n) is 5.23. The van der Waals surface area contributed by atoms with Crippen molar-refractivity contribution in [2.24, 2.45) is 4.99 Å². The number of hydrogen-bond acceptors (Lipinski definition) is 2. The number of amides is 1. The SMILES string of the molecule is CN=C1NC(=O)C(c2cc(C)ccc2C)N1. The van der Waals surface area contributed by atoms with Crippen LogP contribution in [0.1, 0.15) is 22.7 Å². The van der Waals surface area contributed by atoms with Gasteiger partial charge in [-0.15, -0.1) is 0 Å². The van der Waals surface area contributed by atoms with Crippen molar-refractivity contribution in [3.05, 3.63) is 34.9 Å². The van der Waals surface area contributed by atoms with E-state index in [0.717, 1.165) is 16.7 Å². The van der Waals surface area contributed by atoms with E-state index in [1.165, 1.54) is 0 Å². The summed E-state index contributed by atoms with van der Waals surface area (Å²) in [6, 6.07) is 5.78. The van der Waals surface area contributed by atoms with Crippen LogP contribution in [0.3, 0.4) is 0 Å². The monoisotopic (exact) mass is 217 g/mol. The summed E-state index contributed by atoms with van der Waals surface area (Å²) in [6.07, 6.45) is 0. The number of benzene rings is 1. The molecule has 1 aliphatic rings. The van der Waals surface area contributed by atoms with E-state index in [9.17, 15) is 4.79 Å². The third-order valence-corrected chi connectivity index (χ3v) is 2.75. The van der Waals surface area contributed by atoms with E-state index in [1.807, 2.05) is 32.0 Å². The van der Waals surface area contributed by atoms with Gasteiger partial charge in [-0.25, -0.2) is 0 Å². The van der Waals surface area contributed by atoms with Gasteiger partial charge >= 0.3 is 0 Å². The Morgan fingerprint density at radius 1 is 1.31 bits per heavy atom. The minimum Gasteiger partial charge on any atom is -0.340 e. The Labute approximate surface area is 94.8 Å². The van der Waals surface area contributed by atoms with Crippen LogP contribution < -0.4 is 10.6 Å². The van der Waals surface area contributed by atoms with Gasteiger partial charge in [0.15, 0.2) is 5.96 Å². The Balaban J connectivity index is 2.38. The molecule has 0 aliphatic carbocycles. The summed E-state index contributed by atoms with van der Waals surface area (Å²) in [7, 11) is 1.65. The molecule has 1 saturated heterocycles. The summed E-state index contributed by atoms with van der Waals surface area (Å²) in [5.41, 5.74) is 3.27. The molecule has 0 saturated carbocycles. The van der Waals surface area contributed by atoms with Crippen LogP contribution in [0.5, 0.6) is 0 Å². The Kier molecular flexibility index (Phi) is 2.64. The Hall–Kier alpha value is -1.84. The Morgan fingerprint density at radius 3 is 2.69 bits per heavy atom. The van der Waals surface area contributed by atoms with Crippen molar-refractivity contribution in [1.29, 1.82) is 0 Å². The van der Waals surface area contributed by atoms with Crippen molar-refractivity contribution in [2.45, 2.75) is 19.9 Å². The second-order valence-corrected chi connectivity index (χ2v) is 4.00. The molecule has 2 rings (SSSR count). The molecule has 0 radical (unpaired) electrons. The zero-order valence-electron chi connectivity index (χ0n) is 9.66. The smallest absolute Gasteiger partial charge is 0.253 e. The number of nitrogens with one attached hydrogen (secondary N) is 2. The highest BCUT2D eigenvalue weighted by molar-refractivity contribution is 6.06. The van der Waals surface area contributed by atoms with Crippen molar-refractivity contribution >= 4 is 11.9 Å². The fourth-order valence-corrected chi connectivity index (χ4v) is 1.84. The lowest BCUT2D eigenvalue weighted by Crippen LogP contribution is -2.24. The average Bonchev–Trinajstić information content (AvgIpc) is 2.63. The molecule has 1 unspecified atom stereocenters. The summed E-state index contributed by atoms with van der Waals surface area (Å²) >= 11 is 0. The van der Waals surface area contributed by atoms with Gasteiger partial charge in [-0.2, -0.15) is 0 Å². The van der Waals surface area contributed by atoms with Gasteiger partial charge in [0, 0.05) is 7.05 Å². The number of nitrogens with zero attached hydrogens (tertiary/aromatic N) is 1. The number of aryl methyl sites for hydroxylation is 2. The van der Waals surface area contributed by atoms with Crippen LogP contribution in [-0.4, -0.2) is 18.9 Å². The third kappa shape index (κ3) is 1.78. The molecule has 2 N–H and O–H groups in total. The van der Waals surface area contributed by atoms with Crippen LogP contribution in [0.2, 0.25) is 0 Å². The predicted octanol–water partition coefficient (Wildman–Crippen LogP) is 1.05. The van der Waals surface area contributed by atoms with Crippen molar-refractivity contribution in [3.8, 4) is 0 Å². The van der Waals surface area contributed by atoms with Crippen LogP contribution >= 0.6 is 0 Å². The molecular weight excluding hydrogens is 202 g/mol. The fraction of sp³-hybridized carbons (Fsp3) is 0.333. The third-order valence-electron chi connectivity index (χ3n) is 2.75. The molecule has 1 fully saturated rings. The van der Waals surface area contributed by atoms with Crippen molar-refractivity contribution < 1.29 is 4.79 Å². The molecule has 16 heavy (non-hydrogen) atoms. The molecule has 4 heteroatoms. The molecule has 1 atom stereocenters. The van der Waals surface area contributed by atoms with Crippen molar-refractivity contribution in [3.63, 3.8) is 0 Å². The zero-order chi connectivity index (χ0) is 11.7. The number of rotatable bonds is 1. The van der Waals surface area contributed by atoms with Crippen LogP contribution in [0, 0.1) is 13.8 Å². The van der Waals surface area contributed by atoms with Gasteiger partial charge in [0.2, 0.25) is 0 Å². The highest BCUT2D eigenvalue weighted by Gasteiger charge is 2.30. The minimum absolute atomic E-state index is 0.0469. The quantitative estimate of drug-likeness (QED) is 0.738. The van der Waals surface area contributed by atoms with Gasteiger partial charge in [0.05, 0.1) is 0 Å². The lowest BCUT2D eigenvalue weighted by molar-refractivity contribution is -0.120. The summed E-state index contributed by atoms with van der Waals surface area (Å²) in [4.78, 5) is 15.7. The number of carbonyl (C=O) groups is 1. The van der Waals surface area contributed by atoms with E-state index in [-0.39, 0.29) is 11.9 Å². The minimum atomic E-state index is -0.321. The van der Waals surface area contributed by atoms with Gasteiger partial charge in [-0.3, -0.25) is 15.1 Å². The topological polar surface area (TPSA) is 53.5 Å². The van der Waals surface area contributed by atoms with Gasteiger partial charge in [0.25, 0.3) is 5.91 Å². The maximum atomic E-state index is 11.8. The van der Waals surface area contributed by atoms with E-state index >= 15 is 0 Å². The summed E-state index contributed by atoms with van der Waals surface area (Å²) in [6.45, 7) is 4.02. The molecule has 4 nitrogen and oxygen atoms in total. The van der Waals surface area contributed by atoms with Gasteiger partial charge in [0.1, 0.15) is 6.04 Å². The molecule has 1 amide bonds. The molecule has 1 aromatic rings. The Morgan fingerprint density at radius 2 is 2.06 bits per heavy atom. The molecule has 0 bridgehead atoms. The fourth-order valence-electron chi connectivity index (χ4n) is 1.84. The largest absolute Gasteiger partial charge is 0.340 e. The van der Waals surface area contributed by atoms with Gasteiger partial charge < -0.3 is 5.32 Å². The van der Waals surface area contributed by atoms with Gasteiger partial charge in [-0.1, -0.05) is 23.8 Å². The Bertz CT molecular complexity index is 465. The average molecular weight is 217 g/mol. The maximum Gasteiger partial charge on any atom is 0.253 e. The summed E-state index contributed by atoms with van der Waals surface area (Å²) in [5, 5.41) is 5.76. The zero-order valence-corrected chi connectivity index (χ0v) is 9.66. The highest BCUT2D eigenvalue weighted by atomic mass is 16.2. The van der Waals surface area contributed by atoms with E-state index in [1.54, 1.807) is 7.05 Å². The van der Waals surface area contributed by atoms with Crippen molar-refractivity contribution in [1.82, 2.24) is 10.6 Å². The van der Waals surface area contributed by atoms with Crippen LogP contribution in [-0.2, 0) is 4.79 Å². The molecule has 1 aliphatic heterocycles. The molecule has 84 valence electrons. The molecule has 1 aromatic carbocycles. The first kappa shape index (κ1) is 10.7.